The lowest BCUT2D eigenvalue weighted by molar-refractivity contribution is -0.120. The molecule has 0 aliphatic rings. The van der Waals surface area contributed by atoms with Gasteiger partial charge >= 0.3 is 0 Å². The van der Waals surface area contributed by atoms with E-state index in [1.165, 1.54) is 10.8 Å². The highest BCUT2D eigenvalue weighted by Crippen LogP contribution is 2.18. The number of hydrogen-bond acceptors (Lipinski definition) is 2. The van der Waals surface area contributed by atoms with Crippen LogP contribution in [-0.2, 0) is 17.8 Å². The van der Waals surface area contributed by atoms with Gasteiger partial charge < -0.3 is 10.1 Å². The molecule has 116 valence electrons. The summed E-state index contributed by atoms with van der Waals surface area (Å²) in [4.78, 5) is 12.2. The molecule has 3 nitrogen and oxygen atoms in total. The average molecular weight is 305 g/mol. The number of benzene rings is 3. The molecule has 1 N–H and O–H groups in total. The maximum atomic E-state index is 12.2. The smallest absolute Gasteiger partial charge is 0.224 e. The Morgan fingerprint density at radius 1 is 1.00 bits per heavy atom. The Morgan fingerprint density at radius 2 is 1.78 bits per heavy atom. The van der Waals surface area contributed by atoms with E-state index in [4.69, 9.17) is 4.74 Å². The summed E-state index contributed by atoms with van der Waals surface area (Å²) in [7, 11) is 1.62. The fraction of sp³-hybridized carbons (Fsp3) is 0.150. The van der Waals surface area contributed by atoms with Gasteiger partial charge in [-0.3, -0.25) is 4.79 Å². The summed E-state index contributed by atoms with van der Waals surface area (Å²) in [5.41, 5.74) is 2.07. The van der Waals surface area contributed by atoms with Gasteiger partial charge in [-0.15, -0.1) is 0 Å². The molecule has 0 atom stereocenters. The van der Waals surface area contributed by atoms with Gasteiger partial charge in [0, 0.05) is 6.54 Å². The molecule has 0 saturated carbocycles. The van der Waals surface area contributed by atoms with E-state index < -0.39 is 0 Å². The molecule has 3 heteroatoms. The fourth-order valence-corrected chi connectivity index (χ4v) is 2.67. The maximum absolute atomic E-state index is 12.2. The largest absolute Gasteiger partial charge is 0.497 e. The van der Waals surface area contributed by atoms with Crippen LogP contribution in [0.3, 0.4) is 0 Å². The Morgan fingerprint density at radius 3 is 2.65 bits per heavy atom. The highest BCUT2D eigenvalue weighted by Gasteiger charge is 2.06. The number of hydrogen-bond donors (Lipinski definition) is 1. The van der Waals surface area contributed by atoms with E-state index in [9.17, 15) is 4.79 Å². The molecule has 0 fully saturated rings. The molecule has 0 heterocycles. The molecule has 0 saturated heterocycles. The lowest BCUT2D eigenvalue weighted by atomic mass is 10.0. The first-order valence-electron chi connectivity index (χ1n) is 7.62. The van der Waals surface area contributed by atoms with Crippen molar-refractivity contribution in [1.82, 2.24) is 5.32 Å². The summed E-state index contributed by atoms with van der Waals surface area (Å²) in [5.74, 6) is 0.774. The standard InChI is InChI=1S/C20H19NO2/c1-23-18-10-4-6-15(12-18)13-20(22)21-14-17-9-5-8-16-7-2-3-11-19(16)17/h2-12H,13-14H2,1H3,(H,21,22). The molecule has 0 aromatic heterocycles. The quantitative estimate of drug-likeness (QED) is 0.780. The average Bonchev–Trinajstić information content (AvgIpc) is 2.60. The van der Waals surface area contributed by atoms with E-state index in [1.54, 1.807) is 7.11 Å². The number of amides is 1. The maximum Gasteiger partial charge on any atom is 0.224 e. The minimum atomic E-state index is 0.00573. The van der Waals surface area contributed by atoms with E-state index in [-0.39, 0.29) is 5.91 Å². The molecule has 0 aliphatic heterocycles. The molecule has 1 amide bonds. The fourth-order valence-electron chi connectivity index (χ4n) is 2.67. The van der Waals surface area contributed by atoms with Crippen LogP contribution in [0.25, 0.3) is 10.8 Å². The monoisotopic (exact) mass is 305 g/mol. The number of nitrogens with one attached hydrogen (secondary N) is 1. The van der Waals surface area contributed by atoms with Crippen molar-refractivity contribution >= 4 is 16.7 Å². The summed E-state index contributed by atoms with van der Waals surface area (Å²) in [6.07, 6.45) is 0.349. The van der Waals surface area contributed by atoms with Crippen LogP contribution in [0.1, 0.15) is 11.1 Å². The third-order valence-electron chi connectivity index (χ3n) is 3.85. The van der Waals surface area contributed by atoms with Gasteiger partial charge in [-0.25, -0.2) is 0 Å². The SMILES string of the molecule is COc1cccc(CC(=O)NCc2cccc3ccccc23)c1. The highest BCUT2D eigenvalue weighted by molar-refractivity contribution is 5.86. The molecule has 0 spiro atoms. The number of ether oxygens (including phenoxy) is 1. The topological polar surface area (TPSA) is 38.3 Å². The van der Waals surface area contributed by atoms with Crippen molar-refractivity contribution < 1.29 is 9.53 Å². The predicted molar refractivity (Wildman–Crippen MR) is 92.5 cm³/mol. The van der Waals surface area contributed by atoms with Crippen LogP contribution in [0.2, 0.25) is 0 Å². The summed E-state index contributed by atoms with van der Waals surface area (Å²) < 4.78 is 5.18. The van der Waals surface area contributed by atoms with Crippen molar-refractivity contribution in [2.45, 2.75) is 13.0 Å². The number of carbonyl (C=O) groups excluding carboxylic acids is 1. The highest BCUT2D eigenvalue weighted by atomic mass is 16.5. The molecular weight excluding hydrogens is 286 g/mol. The number of fused-ring (bicyclic) bond motifs is 1. The minimum Gasteiger partial charge on any atom is -0.497 e. The number of methoxy groups -OCH3 is 1. The van der Waals surface area contributed by atoms with E-state index in [0.717, 1.165) is 16.9 Å². The van der Waals surface area contributed by atoms with Crippen molar-refractivity contribution in [1.29, 1.82) is 0 Å². The molecule has 3 rings (SSSR count). The number of carbonyl (C=O) groups is 1. The number of rotatable bonds is 5. The van der Waals surface area contributed by atoms with Gasteiger partial charge in [-0.2, -0.15) is 0 Å². The van der Waals surface area contributed by atoms with Crippen molar-refractivity contribution in [2.24, 2.45) is 0 Å². The van der Waals surface area contributed by atoms with Crippen molar-refractivity contribution in [3.05, 3.63) is 77.9 Å². The van der Waals surface area contributed by atoms with Gasteiger partial charge in [0.1, 0.15) is 5.75 Å². The van der Waals surface area contributed by atoms with Crippen LogP contribution in [0.5, 0.6) is 5.75 Å². The first-order chi connectivity index (χ1) is 11.3. The summed E-state index contributed by atoms with van der Waals surface area (Å²) in [6.45, 7) is 0.532. The second kappa shape index (κ2) is 6.97. The van der Waals surface area contributed by atoms with Crippen LogP contribution in [0, 0.1) is 0 Å². The van der Waals surface area contributed by atoms with Gasteiger partial charge in [0.2, 0.25) is 5.91 Å². The zero-order valence-corrected chi connectivity index (χ0v) is 13.1. The minimum absolute atomic E-state index is 0.00573. The molecule has 3 aromatic carbocycles. The third-order valence-corrected chi connectivity index (χ3v) is 3.85. The van der Waals surface area contributed by atoms with Crippen LogP contribution in [0.15, 0.2) is 66.7 Å². The molecule has 0 radical (unpaired) electrons. The van der Waals surface area contributed by atoms with Crippen LogP contribution in [-0.4, -0.2) is 13.0 Å². The Balaban J connectivity index is 1.66. The van der Waals surface area contributed by atoms with Gasteiger partial charge in [0.25, 0.3) is 0 Å². The molecule has 0 unspecified atom stereocenters. The van der Waals surface area contributed by atoms with Crippen LogP contribution >= 0.6 is 0 Å². The first kappa shape index (κ1) is 15.1. The molecular formula is C20H19NO2. The predicted octanol–water partition coefficient (Wildman–Crippen LogP) is 3.71. The molecule has 23 heavy (non-hydrogen) atoms. The van der Waals surface area contributed by atoms with E-state index in [1.807, 2.05) is 48.5 Å². The molecule has 3 aromatic rings. The van der Waals surface area contributed by atoms with E-state index >= 15 is 0 Å². The summed E-state index contributed by atoms with van der Waals surface area (Å²) in [5, 5.41) is 5.36. The summed E-state index contributed by atoms with van der Waals surface area (Å²) >= 11 is 0. The Hall–Kier alpha value is -2.81. The van der Waals surface area contributed by atoms with Crippen molar-refractivity contribution in [3.8, 4) is 5.75 Å². The van der Waals surface area contributed by atoms with E-state index in [2.05, 4.69) is 23.5 Å². The van der Waals surface area contributed by atoms with Gasteiger partial charge in [0.15, 0.2) is 0 Å². The first-order valence-corrected chi connectivity index (χ1v) is 7.62. The zero-order valence-electron chi connectivity index (χ0n) is 13.1. The van der Waals surface area contributed by atoms with Gasteiger partial charge in [0.05, 0.1) is 13.5 Å². The Labute approximate surface area is 135 Å². The second-order valence-corrected chi connectivity index (χ2v) is 5.44. The molecule has 0 bridgehead atoms. The lowest BCUT2D eigenvalue weighted by Crippen LogP contribution is -2.24. The zero-order chi connectivity index (χ0) is 16.1. The van der Waals surface area contributed by atoms with Gasteiger partial charge in [-0.05, 0) is 34.0 Å². The van der Waals surface area contributed by atoms with E-state index in [0.29, 0.717) is 13.0 Å². The Kier molecular flexibility index (Phi) is 4.57. The van der Waals surface area contributed by atoms with Crippen LogP contribution < -0.4 is 10.1 Å². The van der Waals surface area contributed by atoms with Crippen molar-refractivity contribution in [3.63, 3.8) is 0 Å². The Bertz CT molecular complexity index is 821. The van der Waals surface area contributed by atoms with Gasteiger partial charge in [-0.1, -0.05) is 54.6 Å². The van der Waals surface area contributed by atoms with Crippen LogP contribution in [0.4, 0.5) is 0 Å². The lowest BCUT2D eigenvalue weighted by Gasteiger charge is -2.09. The third kappa shape index (κ3) is 3.69. The summed E-state index contributed by atoms with van der Waals surface area (Å²) in [6, 6.07) is 21.9. The normalized spacial score (nSPS) is 10.5. The second-order valence-electron chi connectivity index (χ2n) is 5.44. The van der Waals surface area contributed by atoms with Crippen molar-refractivity contribution in [2.75, 3.05) is 7.11 Å². The molecule has 0 aliphatic carbocycles.